The van der Waals surface area contributed by atoms with Crippen LogP contribution in [0.4, 0.5) is 0 Å². The molecule has 0 aliphatic carbocycles. The van der Waals surface area contributed by atoms with Gasteiger partial charge in [-0.25, -0.2) is 0 Å². The first kappa shape index (κ1) is 21.5. The van der Waals surface area contributed by atoms with E-state index in [1.165, 1.54) is 57.8 Å². The average molecular weight is 313 g/mol. The van der Waals surface area contributed by atoms with Gasteiger partial charge in [0.05, 0.1) is 12.0 Å². The van der Waals surface area contributed by atoms with E-state index in [0.717, 1.165) is 12.8 Å². The van der Waals surface area contributed by atoms with Crippen LogP contribution in [0.25, 0.3) is 0 Å². The Morgan fingerprint density at radius 3 is 1.64 bits per heavy atom. The molecule has 0 N–H and O–H groups in total. The molecule has 0 saturated heterocycles. The van der Waals surface area contributed by atoms with Gasteiger partial charge in [-0.1, -0.05) is 85.0 Å². The fourth-order valence-electron chi connectivity index (χ4n) is 2.89. The second kappa shape index (κ2) is 14.1. The van der Waals surface area contributed by atoms with Crippen LogP contribution in [0.5, 0.6) is 0 Å². The lowest BCUT2D eigenvalue weighted by molar-refractivity contribution is -0.154. The van der Waals surface area contributed by atoms with E-state index in [-0.39, 0.29) is 18.0 Å². The molecule has 0 radical (unpaired) electrons. The Kier molecular flexibility index (Phi) is 13.7. The highest BCUT2D eigenvalue weighted by Gasteiger charge is 2.23. The standard InChI is InChI=1S/C20H40O2/c1-6-7-8-9-10-11-12-13-14-15-16-19(17(2)3)20(21)22-18(4)5/h17-19H,6-16H2,1-5H3. The molecule has 1 atom stereocenters. The second-order valence-corrected chi connectivity index (χ2v) is 7.31. The van der Waals surface area contributed by atoms with Crippen molar-refractivity contribution in [2.45, 2.75) is 111 Å². The minimum Gasteiger partial charge on any atom is -0.463 e. The molecule has 0 aliphatic heterocycles. The topological polar surface area (TPSA) is 26.3 Å². The predicted molar refractivity (Wildman–Crippen MR) is 96.0 cm³/mol. The van der Waals surface area contributed by atoms with Gasteiger partial charge >= 0.3 is 5.97 Å². The van der Waals surface area contributed by atoms with Gasteiger partial charge < -0.3 is 4.74 Å². The first-order valence-electron chi connectivity index (χ1n) is 9.69. The Labute approximate surface area is 139 Å². The van der Waals surface area contributed by atoms with Crippen molar-refractivity contribution in [1.29, 1.82) is 0 Å². The molecule has 2 heteroatoms. The van der Waals surface area contributed by atoms with Gasteiger partial charge in [-0.3, -0.25) is 4.79 Å². The molecular weight excluding hydrogens is 272 g/mol. The van der Waals surface area contributed by atoms with Crippen molar-refractivity contribution in [1.82, 2.24) is 0 Å². The maximum absolute atomic E-state index is 12.1. The van der Waals surface area contributed by atoms with Gasteiger partial charge in [0, 0.05) is 0 Å². The first-order chi connectivity index (χ1) is 10.5. The Bertz CT molecular complexity index is 258. The number of unbranched alkanes of at least 4 members (excludes halogenated alkanes) is 9. The van der Waals surface area contributed by atoms with E-state index >= 15 is 0 Å². The lowest BCUT2D eigenvalue weighted by Gasteiger charge is -2.20. The molecule has 0 saturated carbocycles. The first-order valence-corrected chi connectivity index (χ1v) is 9.69. The lowest BCUT2D eigenvalue weighted by atomic mass is 9.90. The molecule has 0 aliphatic rings. The summed E-state index contributed by atoms with van der Waals surface area (Å²) in [5.41, 5.74) is 0. The number of carbonyl (C=O) groups is 1. The van der Waals surface area contributed by atoms with Crippen molar-refractivity contribution < 1.29 is 9.53 Å². The molecule has 0 amide bonds. The van der Waals surface area contributed by atoms with Gasteiger partial charge in [0.15, 0.2) is 0 Å². The van der Waals surface area contributed by atoms with Crippen LogP contribution in [0, 0.1) is 11.8 Å². The Morgan fingerprint density at radius 1 is 0.773 bits per heavy atom. The smallest absolute Gasteiger partial charge is 0.309 e. The minimum absolute atomic E-state index is 0.000856. The van der Waals surface area contributed by atoms with Crippen molar-refractivity contribution in [2.75, 3.05) is 0 Å². The molecule has 22 heavy (non-hydrogen) atoms. The van der Waals surface area contributed by atoms with Gasteiger partial charge in [0.25, 0.3) is 0 Å². The number of rotatable bonds is 14. The van der Waals surface area contributed by atoms with Crippen LogP contribution in [0.3, 0.4) is 0 Å². The molecule has 1 unspecified atom stereocenters. The summed E-state index contributed by atoms with van der Waals surface area (Å²) in [4.78, 5) is 12.1. The van der Waals surface area contributed by atoms with Crippen molar-refractivity contribution in [2.24, 2.45) is 11.8 Å². The molecule has 0 aromatic carbocycles. The molecule has 0 aromatic rings. The van der Waals surface area contributed by atoms with E-state index in [1.807, 2.05) is 13.8 Å². The van der Waals surface area contributed by atoms with E-state index in [4.69, 9.17) is 4.74 Å². The van der Waals surface area contributed by atoms with E-state index in [2.05, 4.69) is 20.8 Å². The summed E-state index contributed by atoms with van der Waals surface area (Å²) in [6.45, 7) is 10.4. The van der Waals surface area contributed by atoms with Crippen molar-refractivity contribution in [3.63, 3.8) is 0 Å². The number of ether oxygens (including phenoxy) is 1. The summed E-state index contributed by atoms with van der Waals surface area (Å²) in [5, 5.41) is 0. The van der Waals surface area contributed by atoms with Crippen molar-refractivity contribution in [3.8, 4) is 0 Å². The zero-order valence-electron chi connectivity index (χ0n) is 15.8. The highest BCUT2D eigenvalue weighted by molar-refractivity contribution is 5.72. The van der Waals surface area contributed by atoms with Crippen LogP contribution in [0.2, 0.25) is 0 Å². The molecule has 0 fully saturated rings. The van der Waals surface area contributed by atoms with Gasteiger partial charge in [-0.05, 0) is 26.2 Å². The normalized spacial score (nSPS) is 12.9. The number of hydrogen-bond acceptors (Lipinski definition) is 2. The van der Waals surface area contributed by atoms with Crippen molar-refractivity contribution >= 4 is 5.97 Å². The highest BCUT2D eigenvalue weighted by Crippen LogP contribution is 2.22. The zero-order chi connectivity index (χ0) is 16.8. The van der Waals surface area contributed by atoms with Crippen LogP contribution in [-0.4, -0.2) is 12.1 Å². The summed E-state index contributed by atoms with van der Waals surface area (Å²) < 4.78 is 5.38. The summed E-state index contributed by atoms with van der Waals surface area (Å²) in [6.07, 6.45) is 14.4. The third-order valence-electron chi connectivity index (χ3n) is 4.33. The van der Waals surface area contributed by atoms with Gasteiger partial charge in [-0.15, -0.1) is 0 Å². The minimum atomic E-state index is 0.000856. The third kappa shape index (κ3) is 12.1. The summed E-state index contributed by atoms with van der Waals surface area (Å²) in [6, 6.07) is 0. The molecule has 0 heterocycles. The zero-order valence-corrected chi connectivity index (χ0v) is 15.8. The van der Waals surface area contributed by atoms with Crippen LogP contribution in [-0.2, 0) is 9.53 Å². The molecule has 0 aromatic heterocycles. The third-order valence-corrected chi connectivity index (χ3v) is 4.33. The van der Waals surface area contributed by atoms with Gasteiger partial charge in [0.1, 0.15) is 0 Å². The van der Waals surface area contributed by atoms with E-state index in [0.29, 0.717) is 5.92 Å². The predicted octanol–water partition coefficient (Wildman–Crippen LogP) is 6.52. The summed E-state index contributed by atoms with van der Waals surface area (Å²) in [5.74, 6) is 0.460. The molecule has 132 valence electrons. The maximum atomic E-state index is 12.1. The van der Waals surface area contributed by atoms with Gasteiger partial charge in [0.2, 0.25) is 0 Å². The average Bonchev–Trinajstić information content (AvgIpc) is 2.43. The van der Waals surface area contributed by atoms with Crippen LogP contribution in [0.15, 0.2) is 0 Å². The molecule has 0 rings (SSSR count). The molecule has 0 bridgehead atoms. The van der Waals surface area contributed by atoms with E-state index in [1.54, 1.807) is 0 Å². The maximum Gasteiger partial charge on any atom is 0.309 e. The Balaban J connectivity index is 3.63. The van der Waals surface area contributed by atoms with E-state index < -0.39 is 0 Å². The van der Waals surface area contributed by atoms with Crippen LogP contribution < -0.4 is 0 Å². The van der Waals surface area contributed by atoms with Crippen molar-refractivity contribution in [3.05, 3.63) is 0 Å². The molecule has 0 spiro atoms. The summed E-state index contributed by atoms with van der Waals surface area (Å²) >= 11 is 0. The van der Waals surface area contributed by atoms with E-state index in [9.17, 15) is 4.79 Å². The Hall–Kier alpha value is -0.530. The quantitative estimate of drug-likeness (QED) is 0.269. The molecular formula is C20H40O2. The largest absolute Gasteiger partial charge is 0.463 e. The van der Waals surface area contributed by atoms with Crippen LogP contribution >= 0.6 is 0 Å². The van der Waals surface area contributed by atoms with Crippen LogP contribution in [0.1, 0.15) is 105 Å². The number of carbonyl (C=O) groups excluding carboxylic acids is 1. The Morgan fingerprint density at radius 2 is 1.23 bits per heavy atom. The number of esters is 1. The summed E-state index contributed by atoms with van der Waals surface area (Å²) in [7, 11) is 0. The second-order valence-electron chi connectivity index (χ2n) is 7.31. The van der Waals surface area contributed by atoms with Gasteiger partial charge in [-0.2, -0.15) is 0 Å². The number of hydrogen-bond donors (Lipinski definition) is 0. The highest BCUT2D eigenvalue weighted by atomic mass is 16.5. The monoisotopic (exact) mass is 312 g/mol. The SMILES string of the molecule is CCCCCCCCCCCCC(C(=O)OC(C)C)C(C)C. The lowest BCUT2D eigenvalue weighted by Crippen LogP contribution is -2.25. The fourth-order valence-corrected chi connectivity index (χ4v) is 2.89. The fraction of sp³-hybridized carbons (Fsp3) is 0.950. The molecule has 2 nitrogen and oxygen atoms in total.